The van der Waals surface area contributed by atoms with Crippen molar-refractivity contribution in [2.24, 2.45) is 5.92 Å². The molecule has 0 radical (unpaired) electrons. The molecular weight excluding hydrogens is 168 g/mol. The van der Waals surface area contributed by atoms with Crippen LogP contribution >= 0.6 is 0 Å². The molecule has 2 saturated heterocycles. The van der Waals surface area contributed by atoms with Crippen LogP contribution < -0.4 is 0 Å². The first kappa shape index (κ1) is 9.44. The predicted octanol–water partition coefficient (Wildman–Crippen LogP) is 0.953. The van der Waals surface area contributed by atoms with Crippen molar-refractivity contribution < 1.29 is 14.6 Å². The van der Waals surface area contributed by atoms with Crippen molar-refractivity contribution >= 4 is 0 Å². The van der Waals surface area contributed by atoms with E-state index in [1.165, 1.54) is 0 Å². The zero-order valence-electron chi connectivity index (χ0n) is 7.95. The third kappa shape index (κ3) is 2.42. The molecule has 0 aromatic rings. The summed E-state index contributed by atoms with van der Waals surface area (Å²) in [7, 11) is 0. The minimum Gasteiger partial charge on any atom is -0.393 e. The Kier molecular flexibility index (Phi) is 3.19. The Morgan fingerprint density at radius 1 is 1.31 bits per heavy atom. The molecule has 0 spiro atoms. The van der Waals surface area contributed by atoms with Crippen LogP contribution in [0, 0.1) is 5.92 Å². The largest absolute Gasteiger partial charge is 0.393 e. The minimum absolute atomic E-state index is 0.217. The Morgan fingerprint density at radius 3 is 2.85 bits per heavy atom. The summed E-state index contributed by atoms with van der Waals surface area (Å²) in [6, 6.07) is 0. The van der Waals surface area contributed by atoms with Crippen LogP contribution in [-0.4, -0.2) is 37.1 Å². The van der Waals surface area contributed by atoms with Crippen LogP contribution in [0.2, 0.25) is 0 Å². The van der Waals surface area contributed by atoms with Gasteiger partial charge in [0.05, 0.1) is 18.8 Å². The Labute approximate surface area is 79.0 Å². The van der Waals surface area contributed by atoms with E-state index in [2.05, 4.69) is 0 Å². The SMILES string of the molecule is OC(CC1CCCO1)C1CCOC1. The molecule has 0 amide bonds. The fourth-order valence-electron chi connectivity index (χ4n) is 2.15. The van der Waals surface area contributed by atoms with E-state index in [0.717, 1.165) is 45.5 Å². The normalized spacial score (nSPS) is 36.7. The zero-order chi connectivity index (χ0) is 9.10. The second kappa shape index (κ2) is 4.40. The van der Waals surface area contributed by atoms with Crippen molar-refractivity contribution in [1.82, 2.24) is 0 Å². The third-order valence-electron chi connectivity index (χ3n) is 3.04. The summed E-state index contributed by atoms with van der Waals surface area (Å²) in [6.45, 7) is 2.42. The van der Waals surface area contributed by atoms with Crippen LogP contribution in [0.3, 0.4) is 0 Å². The monoisotopic (exact) mass is 186 g/mol. The van der Waals surface area contributed by atoms with E-state index in [1.54, 1.807) is 0 Å². The fourth-order valence-corrected chi connectivity index (χ4v) is 2.15. The lowest BCUT2D eigenvalue weighted by molar-refractivity contribution is 0.0241. The Balaban J connectivity index is 1.73. The van der Waals surface area contributed by atoms with Crippen LogP contribution in [0.5, 0.6) is 0 Å². The molecule has 2 rings (SSSR count). The van der Waals surface area contributed by atoms with Crippen molar-refractivity contribution in [2.75, 3.05) is 19.8 Å². The van der Waals surface area contributed by atoms with Crippen molar-refractivity contribution in [3.63, 3.8) is 0 Å². The van der Waals surface area contributed by atoms with Gasteiger partial charge in [0, 0.05) is 19.1 Å². The first-order valence-electron chi connectivity index (χ1n) is 5.23. The van der Waals surface area contributed by atoms with E-state index in [0.29, 0.717) is 12.0 Å². The van der Waals surface area contributed by atoms with Crippen LogP contribution in [0.1, 0.15) is 25.7 Å². The number of hydrogen-bond donors (Lipinski definition) is 1. The summed E-state index contributed by atoms with van der Waals surface area (Å²) >= 11 is 0. The molecule has 0 saturated carbocycles. The van der Waals surface area contributed by atoms with Crippen LogP contribution in [-0.2, 0) is 9.47 Å². The van der Waals surface area contributed by atoms with E-state index in [4.69, 9.17) is 9.47 Å². The highest BCUT2D eigenvalue weighted by molar-refractivity contribution is 4.77. The lowest BCUT2D eigenvalue weighted by Gasteiger charge is -2.19. The molecule has 3 atom stereocenters. The average Bonchev–Trinajstić information content (AvgIpc) is 2.74. The predicted molar refractivity (Wildman–Crippen MR) is 48.5 cm³/mol. The Hall–Kier alpha value is -0.120. The van der Waals surface area contributed by atoms with Gasteiger partial charge in [-0.25, -0.2) is 0 Å². The molecule has 0 aliphatic carbocycles. The van der Waals surface area contributed by atoms with Crippen LogP contribution in [0.25, 0.3) is 0 Å². The molecule has 76 valence electrons. The number of hydrogen-bond acceptors (Lipinski definition) is 3. The van der Waals surface area contributed by atoms with E-state index in [1.807, 2.05) is 0 Å². The van der Waals surface area contributed by atoms with E-state index < -0.39 is 0 Å². The van der Waals surface area contributed by atoms with Gasteiger partial charge in [-0.1, -0.05) is 0 Å². The summed E-state index contributed by atoms with van der Waals surface area (Å²) in [5.41, 5.74) is 0. The van der Waals surface area contributed by atoms with Crippen LogP contribution in [0.15, 0.2) is 0 Å². The van der Waals surface area contributed by atoms with Crippen LogP contribution in [0.4, 0.5) is 0 Å². The quantitative estimate of drug-likeness (QED) is 0.713. The van der Waals surface area contributed by atoms with Gasteiger partial charge in [0.25, 0.3) is 0 Å². The summed E-state index contributed by atoms with van der Waals surface area (Å²) in [5, 5.41) is 9.85. The van der Waals surface area contributed by atoms with Crippen molar-refractivity contribution in [2.45, 2.75) is 37.9 Å². The standard InChI is InChI=1S/C10H18O3/c11-10(8-3-5-12-7-8)6-9-2-1-4-13-9/h8-11H,1-7H2. The third-order valence-corrected chi connectivity index (χ3v) is 3.04. The summed E-state index contributed by atoms with van der Waals surface area (Å²) < 4.78 is 10.7. The molecular formula is C10H18O3. The van der Waals surface area contributed by atoms with Crippen molar-refractivity contribution in [3.8, 4) is 0 Å². The molecule has 1 N–H and O–H groups in total. The van der Waals surface area contributed by atoms with Gasteiger partial charge in [-0.05, 0) is 25.7 Å². The highest BCUT2D eigenvalue weighted by atomic mass is 16.5. The molecule has 2 aliphatic rings. The van der Waals surface area contributed by atoms with Crippen molar-refractivity contribution in [3.05, 3.63) is 0 Å². The minimum atomic E-state index is -0.217. The van der Waals surface area contributed by atoms with E-state index >= 15 is 0 Å². The smallest absolute Gasteiger partial charge is 0.0615 e. The number of rotatable bonds is 3. The number of aliphatic hydroxyl groups excluding tert-OH is 1. The number of aliphatic hydroxyl groups is 1. The van der Waals surface area contributed by atoms with Gasteiger partial charge in [0.1, 0.15) is 0 Å². The second-order valence-electron chi connectivity index (χ2n) is 4.06. The zero-order valence-corrected chi connectivity index (χ0v) is 7.95. The molecule has 2 aliphatic heterocycles. The number of ether oxygens (including phenoxy) is 2. The van der Waals surface area contributed by atoms with E-state index in [9.17, 15) is 5.11 Å². The maximum absolute atomic E-state index is 9.85. The summed E-state index contributed by atoms with van der Waals surface area (Å²) in [4.78, 5) is 0. The highest BCUT2D eigenvalue weighted by Crippen LogP contribution is 2.24. The summed E-state index contributed by atoms with van der Waals surface area (Å²) in [6.07, 6.45) is 4.16. The molecule has 3 unspecified atom stereocenters. The van der Waals surface area contributed by atoms with Gasteiger partial charge in [-0.2, -0.15) is 0 Å². The second-order valence-corrected chi connectivity index (χ2v) is 4.06. The topological polar surface area (TPSA) is 38.7 Å². The first-order valence-corrected chi connectivity index (χ1v) is 5.23. The molecule has 3 heteroatoms. The molecule has 0 bridgehead atoms. The molecule has 0 aromatic heterocycles. The molecule has 13 heavy (non-hydrogen) atoms. The lowest BCUT2D eigenvalue weighted by Crippen LogP contribution is -2.25. The fraction of sp³-hybridized carbons (Fsp3) is 1.00. The molecule has 2 fully saturated rings. The van der Waals surface area contributed by atoms with Gasteiger partial charge < -0.3 is 14.6 Å². The average molecular weight is 186 g/mol. The van der Waals surface area contributed by atoms with Gasteiger partial charge >= 0.3 is 0 Å². The van der Waals surface area contributed by atoms with Gasteiger partial charge in [-0.15, -0.1) is 0 Å². The van der Waals surface area contributed by atoms with Gasteiger partial charge in [0.15, 0.2) is 0 Å². The maximum atomic E-state index is 9.85. The van der Waals surface area contributed by atoms with Crippen molar-refractivity contribution in [1.29, 1.82) is 0 Å². The summed E-state index contributed by atoms with van der Waals surface area (Å²) in [5.74, 6) is 0.351. The van der Waals surface area contributed by atoms with Gasteiger partial charge in [0.2, 0.25) is 0 Å². The Bertz CT molecular complexity index is 148. The Morgan fingerprint density at radius 2 is 2.23 bits per heavy atom. The van der Waals surface area contributed by atoms with E-state index in [-0.39, 0.29) is 6.10 Å². The highest BCUT2D eigenvalue weighted by Gasteiger charge is 2.27. The molecule has 2 heterocycles. The van der Waals surface area contributed by atoms with Gasteiger partial charge in [-0.3, -0.25) is 0 Å². The molecule has 3 nitrogen and oxygen atoms in total. The first-order chi connectivity index (χ1) is 6.36. The lowest BCUT2D eigenvalue weighted by atomic mass is 9.96. The molecule has 0 aromatic carbocycles. The maximum Gasteiger partial charge on any atom is 0.0615 e.